The summed E-state index contributed by atoms with van der Waals surface area (Å²) in [4.78, 5) is 9.58. The van der Waals surface area contributed by atoms with E-state index in [4.69, 9.17) is 10.7 Å². The van der Waals surface area contributed by atoms with Gasteiger partial charge in [-0.3, -0.25) is 0 Å². The first-order valence-electron chi connectivity index (χ1n) is 10.8. The van der Waals surface area contributed by atoms with Gasteiger partial charge in [0.25, 0.3) is 0 Å². The highest BCUT2D eigenvalue weighted by atomic mass is 32.1. The number of nitrogens with two attached hydrogens (primary N) is 1. The van der Waals surface area contributed by atoms with Gasteiger partial charge in [-0.15, -0.1) is 11.3 Å². The number of hydrogen-bond acceptors (Lipinski definition) is 6. The van der Waals surface area contributed by atoms with Crippen molar-refractivity contribution in [1.29, 1.82) is 0 Å². The molecule has 1 fully saturated rings. The quantitative estimate of drug-likeness (QED) is 0.444. The van der Waals surface area contributed by atoms with E-state index < -0.39 is 0 Å². The number of thiophene rings is 1. The molecular weight excluding hydrogens is 416 g/mol. The molecule has 2 aromatic carbocycles. The third-order valence-corrected chi connectivity index (χ3v) is 7.35. The first-order valence-corrected chi connectivity index (χ1v) is 11.7. The molecule has 4 heterocycles. The van der Waals surface area contributed by atoms with Gasteiger partial charge >= 0.3 is 0 Å². The van der Waals surface area contributed by atoms with Crippen LogP contribution in [0, 0.1) is 0 Å². The fourth-order valence-electron chi connectivity index (χ4n) is 4.46. The summed E-state index contributed by atoms with van der Waals surface area (Å²) in [5, 5.41) is 7.92. The summed E-state index contributed by atoms with van der Waals surface area (Å²) >= 11 is 1.72. The van der Waals surface area contributed by atoms with E-state index in [9.17, 15) is 0 Å². The van der Waals surface area contributed by atoms with E-state index in [0.29, 0.717) is 5.82 Å². The SMILES string of the molecule is CN1CCN(c2ccc(-c3cnn4c(N)c(-c5csc6ccccc56)cnc34)cc2)CC1. The molecule has 0 spiro atoms. The van der Waals surface area contributed by atoms with E-state index in [2.05, 4.69) is 75.9 Å². The van der Waals surface area contributed by atoms with E-state index in [1.807, 2.05) is 12.4 Å². The molecule has 0 aliphatic carbocycles. The lowest BCUT2D eigenvalue weighted by atomic mass is 10.1. The normalized spacial score (nSPS) is 15.1. The fourth-order valence-corrected chi connectivity index (χ4v) is 5.42. The van der Waals surface area contributed by atoms with Crippen LogP contribution in [0.2, 0.25) is 0 Å². The summed E-state index contributed by atoms with van der Waals surface area (Å²) in [6.45, 7) is 4.32. The van der Waals surface area contributed by atoms with E-state index in [0.717, 1.165) is 54.1 Å². The number of fused-ring (bicyclic) bond motifs is 2. The van der Waals surface area contributed by atoms with Crippen molar-refractivity contribution in [2.24, 2.45) is 0 Å². The molecule has 5 aromatic rings. The molecule has 0 amide bonds. The molecule has 1 saturated heterocycles. The van der Waals surface area contributed by atoms with Crippen molar-refractivity contribution < 1.29 is 0 Å². The number of benzene rings is 2. The molecule has 6 rings (SSSR count). The second-order valence-electron chi connectivity index (χ2n) is 8.33. The molecule has 0 atom stereocenters. The number of hydrogen-bond donors (Lipinski definition) is 1. The maximum atomic E-state index is 6.58. The van der Waals surface area contributed by atoms with Crippen LogP contribution < -0.4 is 10.6 Å². The molecule has 0 radical (unpaired) electrons. The topological polar surface area (TPSA) is 62.7 Å². The second-order valence-corrected chi connectivity index (χ2v) is 9.24. The molecule has 1 aliphatic heterocycles. The Hall–Kier alpha value is -3.42. The smallest absolute Gasteiger partial charge is 0.165 e. The van der Waals surface area contributed by atoms with Crippen LogP contribution in [0.4, 0.5) is 11.5 Å². The van der Waals surface area contributed by atoms with Crippen LogP contribution in [0.5, 0.6) is 0 Å². The van der Waals surface area contributed by atoms with Crippen molar-refractivity contribution in [3.05, 3.63) is 66.3 Å². The predicted molar refractivity (Wildman–Crippen MR) is 133 cm³/mol. The van der Waals surface area contributed by atoms with Crippen molar-refractivity contribution in [1.82, 2.24) is 19.5 Å². The Bertz CT molecular complexity index is 1410. The minimum atomic E-state index is 0.610. The molecule has 0 saturated carbocycles. The molecule has 32 heavy (non-hydrogen) atoms. The van der Waals surface area contributed by atoms with Gasteiger partial charge in [-0.2, -0.15) is 9.61 Å². The Morgan fingerprint density at radius 3 is 2.47 bits per heavy atom. The second kappa shape index (κ2) is 7.62. The number of aromatic nitrogens is 3. The number of nitrogens with zero attached hydrogens (tertiary/aromatic N) is 5. The summed E-state index contributed by atoms with van der Waals surface area (Å²) in [5.74, 6) is 0.610. The number of anilines is 2. The lowest BCUT2D eigenvalue weighted by Crippen LogP contribution is -2.44. The summed E-state index contributed by atoms with van der Waals surface area (Å²) in [7, 11) is 2.18. The van der Waals surface area contributed by atoms with Gasteiger partial charge in [0, 0.05) is 64.8 Å². The average molecular weight is 441 g/mol. The van der Waals surface area contributed by atoms with Crippen LogP contribution in [-0.2, 0) is 0 Å². The standard InChI is InChI=1S/C25H24N6S/c1-29-10-12-30(13-11-29)18-8-6-17(7-9-18)20-15-28-31-24(26)21(14-27-25(20)31)22-16-32-23-5-3-2-4-19(22)23/h2-9,14-16H,10-13,26H2,1H3. The van der Waals surface area contributed by atoms with Crippen molar-refractivity contribution in [3.63, 3.8) is 0 Å². The Morgan fingerprint density at radius 1 is 0.875 bits per heavy atom. The zero-order valence-corrected chi connectivity index (χ0v) is 18.7. The van der Waals surface area contributed by atoms with E-state index in [-0.39, 0.29) is 0 Å². The van der Waals surface area contributed by atoms with Gasteiger partial charge in [-0.1, -0.05) is 30.3 Å². The molecule has 0 bridgehead atoms. The maximum absolute atomic E-state index is 6.58. The first-order chi connectivity index (χ1) is 15.7. The number of likely N-dealkylation sites (N-methyl/N-ethyl adjacent to an activating group) is 1. The summed E-state index contributed by atoms with van der Waals surface area (Å²) < 4.78 is 2.99. The number of rotatable bonds is 3. The third kappa shape index (κ3) is 3.13. The molecule has 160 valence electrons. The van der Waals surface area contributed by atoms with Crippen LogP contribution in [0.25, 0.3) is 38.0 Å². The fraction of sp³-hybridized carbons (Fsp3) is 0.200. The summed E-state index contributed by atoms with van der Waals surface area (Å²) in [6, 6.07) is 17.1. The summed E-state index contributed by atoms with van der Waals surface area (Å²) in [6.07, 6.45) is 3.74. The Kier molecular flexibility index (Phi) is 4.59. The first kappa shape index (κ1) is 19.3. The molecule has 0 unspecified atom stereocenters. The highest BCUT2D eigenvalue weighted by Crippen LogP contribution is 2.37. The Labute approximate surface area is 190 Å². The van der Waals surface area contributed by atoms with Gasteiger partial charge in [0.15, 0.2) is 5.65 Å². The van der Waals surface area contributed by atoms with E-state index >= 15 is 0 Å². The van der Waals surface area contributed by atoms with Gasteiger partial charge in [-0.05, 0) is 36.2 Å². The minimum Gasteiger partial charge on any atom is -0.383 e. The van der Waals surface area contributed by atoms with Crippen molar-refractivity contribution in [2.75, 3.05) is 43.9 Å². The Morgan fingerprint density at radius 2 is 1.66 bits per heavy atom. The third-order valence-electron chi connectivity index (χ3n) is 6.38. The van der Waals surface area contributed by atoms with Gasteiger partial charge in [0.1, 0.15) is 5.82 Å². The van der Waals surface area contributed by atoms with E-state index in [1.54, 1.807) is 15.9 Å². The zero-order chi connectivity index (χ0) is 21.7. The largest absolute Gasteiger partial charge is 0.383 e. The van der Waals surface area contributed by atoms with Gasteiger partial charge in [-0.25, -0.2) is 4.98 Å². The van der Waals surface area contributed by atoms with Crippen LogP contribution in [0.3, 0.4) is 0 Å². The maximum Gasteiger partial charge on any atom is 0.165 e. The predicted octanol–water partition coefficient (Wildman–Crippen LogP) is 4.61. The van der Waals surface area contributed by atoms with Crippen LogP contribution in [-0.4, -0.2) is 52.7 Å². The number of piperazine rings is 1. The van der Waals surface area contributed by atoms with Crippen LogP contribution in [0.15, 0.2) is 66.3 Å². The highest BCUT2D eigenvalue weighted by molar-refractivity contribution is 7.17. The lowest BCUT2D eigenvalue weighted by Gasteiger charge is -2.34. The van der Waals surface area contributed by atoms with Crippen LogP contribution >= 0.6 is 11.3 Å². The lowest BCUT2D eigenvalue weighted by molar-refractivity contribution is 0.313. The summed E-state index contributed by atoms with van der Waals surface area (Å²) in [5.41, 5.74) is 12.7. The highest BCUT2D eigenvalue weighted by Gasteiger charge is 2.17. The molecule has 1 aliphatic rings. The van der Waals surface area contributed by atoms with E-state index in [1.165, 1.54) is 15.8 Å². The molecule has 3 aromatic heterocycles. The number of nitrogen functional groups attached to an aromatic ring is 1. The monoisotopic (exact) mass is 440 g/mol. The molecular formula is C25H24N6S. The van der Waals surface area contributed by atoms with Crippen molar-refractivity contribution in [3.8, 4) is 22.3 Å². The van der Waals surface area contributed by atoms with Crippen LogP contribution in [0.1, 0.15) is 0 Å². The zero-order valence-electron chi connectivity index (χ0n) is 17.9. The van der Waals surface area contributed by atoms with Crippen molar-refractivity contribution >= 4 is 38.6 Å². The van der Waals surface area contributed by atoms with Gasteiger partial charge in [0.2, 0.25) is 0 Å². The Balaban J connectivity index is 1.36. The molecule has 2 N–H and O–H groups in total. The molecule has 7 heteroatoms. The molecule has 6 nitrogen and oxygen atoms in total. The average Bonchev–Trinajstić information content (AvgIpc) is 3.45. The van der Waals surface area contributed by atoms with Gasteiger partial charge < -0.3 is 15.5 Å². The van der Waals surface area contributed by atoms with Gasteiger partial charge in [0.05, 0.1) is 6.20 Å². The minimum absolute atomic E-state index is 0.610. The van der Waals surface area contributed by atoms with Crippen molar-refractivity contribution in [2.45, 2.75) is 0 Å².